The van der Waals surface area contributed by atoms with Gasteiger partial charge in [0.1, 0.15) is 9.75 Å². The van der Waals surface area contributed by atoms with Crippen LogP contribution in [0, 0.1) is 11.8 Å². The molecule has 11 heteroatoms. The summed E-state index contributed by atoms with van der Waals surface area (Å²) in [4.78, 5) is 24.1. The number of imide groups is 1. The van der Waals surface area contributed by atoms with Crippen LogP contribution in [0.2, 0.25) is 10.0 Å². The van der Waals surface area contributed by atoms with Gasteiger partial charge in [0.25, 0.3) is 0 Å². The molecule has 1 saturated carbocycles. The molecule has 0 radical (unpaired) electrons. The van der Waals surface area contributed by atoms with Crippen molar-refractivity contribution in [2.45, 2.75) is 15.5 Å². The fourth-order valence-corrected chi connectivity index (χ4v) is 7.30. The minimum atomic E-state index is -1.82. The Kier molecular flexibility index (Phi) is 4.79. The van der Waals surface area contributed by atoms with Crippen molar-refractivity contribution in [1.29, 1.82) is 0 Å². The predicted octanol–water partition coefficient (Wildman–Crippen LogP) is 4.76. The first-order chi connectivity index (χ1) is 13.0. The number of benzene rings is 1. The molecule has 2 amide bonds. The lowest BCUT2D eigenvalue weighted by atomic mass is 9.84. The summed E-state index contributed by atoms with van der Waals surface area (Å²) in [6.45, 7) is 0. The second kappa shape index (κ2) is 6.38. The van der Waals surface area contributed by atoms with E-state index in [0.717, 1.165) is 4.90 Å². The Morgan fingerprint density at radius 2 is 1.21 bits per heavy atom. The van der Waals surface area contributed by atoms with Crippen molar-refractivity contribution < 1.29 is 19.1 Å². The highest BCUT2D eigenvalue weighted by molar-refractivity contribution is 6.54. The van der Waals surface area contributed by atoms with Gasteiger partial charge in [-0.25, -0.2) is 4.90 Å². The molecule has 1 aliphatic heterocycles. The summed E-state index contributed by atoms with van der Waals surface area (Å²) in [5.74, 6) is -5.44. The second-order valence-electron chi connectivity index (χ2n) is 6.67. The van der Waals surface area contributed by atoms with Gasteiger partial charge >= 0.3 is 0 Å². The van der Waals surface area contributed by atoms with E-state index in [1.807, 2.05) is 0 Å². The van der Waals surface area contributed by atoms with E-state index in [9.17, 15) is 9.59 Å². The van der Waals surface area contributed by atoms with Crippen molar-refractivity contribution in [3.05, 3.63) is 38.3 Å². The Hall–Kier alpha value is -0.240. The van der Waals surface area contributed by atoms with Gasteiger partial charge in [0.15, 0.2) is 0 Å². The maximum atomic E-state index is 13.4. The molecule has 0 N–H and O–H groups in total. The molecule has 28 heavy (non-hydrogen) atoms. The minimum Gasteiger partial charge on any atom is -0.350 e. The van der Waals surface area contributed by atoms with Gasteiger partial charge in [-0.2, -0.15) is 0 Å². The van der Waals surface area contributed by atoms with Crippen LogP contribution in [0.15, 0.2) is 28.3 Å². The predicted molar refractivity (Wildman–Crippen MR) is 109 cm³/mol. The lowest BCUT2D eigenvalue weighted by Gasteiger charge is -2.42. The van der Waals surface area contributed by atoms with Crippen LogP contribution in [-0.4, -0.2) is 41.6 Å². The number of carbonyl (C=O) groups excluding carboxylic acids is 2. The SMILES string of the molecule is COC1(OC)[C@@]2(Cl)C(Cl)=C(Cl)[C@]1(Cl)[C@@H]1C(=O)N(c3cc(Cl)cc(Cl)c3)C(=O)[C@@H]12. The number of fused-ring (bicyclic) bond motifs is 5. The third-order valence-electron chi connectivity index (χ3n) is 5.63. The number of nitrogens with zero attached hydrogens (tertiary/aromatic N) is 1. The third-order valence-corrected chi connectivity index (χ3v) is 8.68. The van der Waals surface area contributed by atoms with Crippen LogP contribution in [0.3, 0.4) is 0 Å². The van der Waals surface area contributed by atoms with Crippen molar-refractivity contribution in [2.24, 2.45) is 11.8 Å². The third kappa shape index (κ3) is 2.05. The molecule has 4 rings (SSSR count). The van der Waals surface area contributed by atoms with E-state index in [1.165, 1.54) is 32.4 Å². The lowest BCUT2D eigenvalue weighted by molar-refractivity contribution is -0.221. The molecule has 1 aromatic carbocycles. The fourth-order valence-electron chi connectivity index (χ4n) is 4.63. The summed E-state index contributed by atoms with van der Waals surface area (Å²) < 4.78 is 11.1. The number of halogens is 6. The molecule has 4 atom stereocenters. The van der Waals surface area contributed by atoms with E-state index < -0.39 is 39.2 Å². The summed E-state index contributed by atoms with van der Waals surface area (Å²) in [6, 6.07) is 4.35. The molecule has 2 bridgehead atoms. The molecule has 2 aliphatic carbocycles. The van der Waals surface area contributed by atoms with E-state index in [0.29, 0.717) is 0 Å². The molecule has 1 heterocycles. The molecule has 150 valence electrons. The maximum Gasteiger partial charge on any atom is 0.240 e. The standard InChI is InChI=1S/C17H11Cl6NO4/c1-27-17(28-2)15(22)9-10(16(17,23)12(21)11(15)20)14(26)24(13(9)25)8-4-6(18)3-7(19)5-8/h3-5,9-10H,1-2H3/t9-,10+,15+,16-. The summed E-state index contributed by atoms with van der Waals surface area (Å²) >= 11 is 38.6. The summed E-state index contributed by atoms with van der Waals surface area (Å²) in [6.07, 6.45) is 0. The number of hydrogen-bond donors (Lipinski definition) is 0. The minimum absolute atomic E-state index is 0.0945. The normalized spacial score (nSPS) is 35.9. The molecule has 1 saturated heterocycles. The van der Waals surface area contributed by atoms with Crippen LogP contribution in [0.5, 0.6) is 0 Å². The zero-order valence-electron chi connectivity index (χ0n) is 14.2. The highest BCUT2D eigenvalue weighted by Crippen LogP contribution is 2.75. The van der Waals surface area contributed by atoms with Crippen LogP contribution in [0.4, 0.5) is 5.69 Å². The first-order valence-corrected chi connectivity index (χ1v) is 10.2. The van der Waals surface area contributed by atoms with Crippen molar-refractivity contribution in [3.8, 4) is 0 Å². The van der Waals surface area contributed by atoms with Crippen LogP contribution < -0.4 is 4.90 Å². The molecule has 5 nitrogen and oxygen atoms in total. The average Bonchev–Trinajstić information content (AvgIpc) is 3.05. The van der Waals surface area contributed by atoms with E-state index >= 15 is 0 Å². The highest BCUT2D eigenvalue weighted by Gasteiger charge is 2.89. The first-order valence-electron chi connectivity index (χ1n) is 7.91. The Morgan fingerprint density at radius 1 is 0.821 bits per heavy atom. The Labute approximate surface area is 190 Å². The van der Waals surface area contributed by atoms with E-state index in [2.05, 4.69) is 0 Å². The van der Waals surface area contributed by atoms with Gasteiger partial charge in [-0.05, 0) is 18.2 Å². The number of methoxy groups -OCH3 is 2. The number of carbonyl (C=O) groups is 2. The largest absolute Gasteiger partial charge is 0.350 e. The number of rotatable bonds is 3. The summed E-state index contributed by atoms with van der Waals surface area (Å²) in [7, 11) is 2.59. The van der Waals surface area contributed by atoms with Gasteiger partial charge < -0.3 is 9.47 Å². The fraction of sp³-hybridized carbons (Fsp3) is 0.412. The maximum absolute atomic E-state index is 13.4. The van der Waals surface area contributed by atoms with Crippen molar-refractivity contribution in [2.75, 3.05) is 19.1 Å². The number of ether oxygens (including phenoxy) is 2. The van der Waals surface area contributed by atoms with Gasteiger partial charge in [0, 0.05) is 24.3 Å². The van der Waals surface area contributed by atoms with Crippen molar-refractivity contribution in [3.63, 3.8) is 0 Å². The van der Waals surface area contributed by atoms with Crippen LogP contribution in [0.25, 0.3) is 0 Å². The van der Waals surface area contributed by atoms with Gasteiger partial charge in [-0.15, -0.1) is 23.2 Å². The molecule has 0 aromatic heterocycles. The molecule has 2 fully saturated rings. The monoisotopic (exact) mass is 503 g/mol. The molecular weight excluding hydrogens is 495 g/mol. The highest BCUT2D eigenvalue weighted by atomic mass is 35.5. The van der Waals surface area contributed by atoms with E-state index in [4.69, 9.17) is 79.1 Å². The first kappa shape index (κ1) is 21.0. The second-order valence-corrected chi connectivity index (χ2v) is 9.49. The molecule has 3 aliphatic rings. The quantitative estimate of drug-likeness (QED) is 0.338. The van der Waals surface area contributed by atoms with Crippen LogP contribution >= 0.6 is 69.6 Å². The van der Waals surface area contributed by atoms with Gasteiger partial charge in [0.2, 0.25) is 17.6 Å². The summed E-state index contributed by atoms with van der Waals surface area (Å²) in [5, 5.41) is 0.314. The zero-order chi connectivity index (χ0) is 20.8. The topological polar surface area (TPSA) is 55.8 Å². The van der Waals surface area contributed by atoms with E-state index in [-0.39, 0.29) is 25.8 Å². The Morgan fingerprint density at radius 3 is 1.57 bits per heavy atom. The average molecular weight is 506 g/mol. The van der Waals surface area contributed by atoms with Gasteiger partial charge in [0.05, 0.1) is 27.6 Å². The number of anilines is 1. The molecule has 0 unspecified atom stereocenters. The number of amides is 2. The smallest absolute Gasteiger partial charge is 0.240 e. The van der Waals surface area contributed by atoms with Crippen molar-refractivity contribution in [1.82, 2.24) is 0 Å². The lowest BCUT2D eigenvalue weighted by Crippen LogP contribution is -2.60. The summed E-state index contributed by atoms with van der Waals surface area (Å²) in [5.41, 5.74) is 0.189. The van der Waals surface area contributed by atoms with Crippen LogP contribution in [-0.2, 0) is 19.1 Å². The molecule has 0 spiro atoms. The number of hydrogen-bond acceptors (Lipinski definition) is 4. The van der Waals surface area contributed by atoms with Gasteiger partial charge in [-0.1, -0.05) is 46.4 Å². The Balaban J connectivity index is 1.94. The molecular formula is C17H11Cl6NO4. The number of alkyl halides is 2. The zero-order valence-corrected chi connectivity index (χ0v) is 18.8. The van der Waals surface area contributed by atoms with Crippen LogP contribution in [0.1, 0.15) is 0 Å². The van der Waals surface area contributed by atoms with Gasteiger partial charge in [-0.3, -0.25) is 9.59 Å². The van der Waals surface area contributed by atoms with E-state index in [1.54, 1.807) is 0 Å². The van der Waals surface area contributed by atoms with Crippen molar-refractivity contribution >= 4 is 87.1 Å². The molecule has 1 aromatic rings. The Bertz CT molecular complexity index is 897.